The lowest BCUT2D eigenvalue weighted by Gasteiger charge is -2.12. The highest BCUT2D eigenvalue weighted by Crippen LogP contribution is 2.28. The van der Waals surface area contributed by atoms with Crippen LogP contribution in [0.25, 0.3) is 0 Å². The molecule has 0 amide bonds. The lowest BCUT2D eigenvalue weighted by Crippen LogP contribution is -2.34. The predicted molar refractivity (Wildman–Crippen MR) is 59.1 cm³/mol. The smallest absolute Gasteiger partial charge is 0.123 e. The van der Waals surface area contributed by atoms with Crippen LogP contribution in [0.15, 0.2) is 18.2 Å². The molecule has 2 atom stereocenters. The molecule has 0 aliphatic carbocycles. The lowest BCUT2D eigenvalue weighted by atomic mass is 10.1. The van der Waals surface area contributed by atoms with E-state index < -0.39 is 0 Å². The molecule has 16 heavy (non-hydrogen) atoms. The number of nitrogens with one attached hydrogen (secondary N) is 1. The van der Waals surface area contributed by atoms with Crippen LogP contribution in [0.3, 0.4) is 0 Å². The van der Waals surface area contributed by atoms with Crippen molar-refractivity contribution in [2.75, 3.05) is 13.1 Å². The standard InChI is InChI=1S/C12H16FNO2/c1-8(15)6-14-7-11-5-9-4-10(13)2-3-12(9)16-11/h2-4,8,11,14-15H,5-7H2,1H3. The first-order chi connectivity index (χ1) is 7.65. The second-order valence-electron chi connectivity index (χ2n) is 4.20. The second-order valence-corrected chi connectivity index (χ2v) is 4.20. The Kier molecular flexibility index (Phi) is 3.41. The number of halogens is 1. The van der Waals surface area contributed by atoms with Crippen molar-refractivity contribution in [1.82, 2.24) is 5.32 Å². The van der Waals surface area contributed by atoms with Crippen molar-refractivity contribution in [3.8, 4) is 5.75 Å². The highest BCUT2D eigenvalue weighted by atomic mass is 19.1. The second kappa shape index (κ2) is 4.80. The maximum atomic E-state index is 12.9. The fourth-order valence-electron chi connectivity index (χ4n) is 1.86. The highest BCUT2D eigenvalue weighted by molar-refractivity contribution is 5.37. The molecule has 0 fully saturated rings. The molecule has 2 N–H and O–H groups in total. The zero-order valence-electron chi connectivity index (χ0n) is 9.24. The SMILES string of the molecule is CC(O)CNCC1Cc2cc(F)ccc2O1. The fourth-order valence-corrected chi connectivity index (χ4v) is 1.86. The van der Waals surface area contributed by atoms with Gasteiger partial charge in [0.15, 0.2) is 0 Å². The van der Waals surface area contributed by atoms with Crippen molar-refractivity contribution in [2.45, 2.75) is 25.6 Å². The predicted octanol–water partition coefficient (Wildman–Crippen LogP) is 1.10. The van der Waals surface area contributed by atoms with Crippen LogP contribution >= 0.6 is 0 Å². The van der Waals surface area contributed by atoms with E-state index in [0.29, 0.717) is 13.1 Å². The van der Waals surface area contributed by atoms with E-state index in [-0.39, 0.29) is 18.0 Å². The Hall–Kier alpha value is -1.13. The molecule has 0 saturated carbocycles. The van der Waals surface area contributed by atoms with Gasteiger partial charge in [0.25, 0.3) is 0 Å². The molecule has 3 nitrogen and oxygen atoms in total. The van der Waals surface area contributed by atoms with Crippen LogP contribution in [-0.4, -0.2) is 30.4 Å². The number of aliphatic hydroxyl groups is 1. The van der Waals surface area contributed by atoms with Crippen molar-refractivity contribution in [3.63, 3.8) is 0 Å². The molecule has 1 aliphatic heterocycles. The number of fused-ring (bicyclic) bond motifs is 1. The number of ether oxygens (including phenoxy) is 1. The quantitative estimate of drug-likeness (QED) is 0.806. The van der Waals surface area contributed by atoms with Gasteiger partial charge < -0.3 is 15.2 Å². The molecule has 0 saturated heterocycles. The molecule has 0 bridgehead atoms. The van der Waals surface area contributed by atoms with Gasteiger partial charge in [-0.3, -0.25) is 0 Å². The first kappa shape index (κ1) is 11.4. The van der Waals surface area contributed by atoms with Crippen molar-refractivity contribution in [3.05, 3.63) is 29.6 Å². The van der Waals surface area contributed by atoms with Gasteiger partial charge in [-0.05, 0) is 25.1 Å². The van der Waals surface area contributed by atoms with Crippen LogP contribution in [0.1, 0.15) is 12.5 Å². The minimum Gasteiger partial charge on any atom is -0.488 e. The van der Waals surface area contributed by atoms with Crippen LogP contribution in [0.5, 0.6) is 5.75 Å². The van der Waals surface area contributed by atoms with E-state index in [2.05, 4.69) is 5.32 Å². The first-order valence-corrected chi connectivity index (χ1v) is 5.49. The van der Waals surface area contributed by atoms with E-state index in [0.717, 1.165) is 17.7 Å². The topological polar surface area (TPSA) is 41.5 Å². The summed E-state index contributed by atoms with van der Waals surface area (Å²) < 4.78 is 18.6. The Balaban J connectivity index is 1.86. The van der Waals surface area contributed by atoms with E-state index in [1.807, 2.05) is 0 Å². The van der Waals surface area contributed by atoms with E-state index in [1.54, 1.807) is 13.0 Å². The Labute approximate surface area is 94.2 Å². The molecule has 4 heteroatoms. The number of hydrogen-bond donors (Lipinski definition) is 2. The number of aliphatic hydroxyl groups excluding tert-OH is 1. The number of benzene rings is 1. The third-order valence-electron chi connectivity index (χ3n) is 2.58. The van der Waals surface area contributed by atoms with E-state index in [9.17, 15) is 4.39 Å². The lowest BCUT2D eigenvalue weighted by molar-refractivity contribution is 0.177. The summed E-state index contributed by atoms with van der Waals surface area (Å²) >= 11 is 0. The average Bonchev–Trinajstić information content (AvgIpc) is 2.58. The molecular formula is C12H16FNO2. The summed E-state index contributed by atoms with van der Waals surface area (Å²) in [5, 5.41) is 12.2. The van der Waals surface area contributed by atoms with Gasteiger partial charge in [0.1, 0.15) is 17.7 Å². The van der Waals surface area contributed by atoms with Crippen molar-refractivity contribution < 1.29 is 14.2 Å². The van der Waals surface area contributed by atoms with Gasteiger partial charge in [0.05, 0.1) is 6.10 Å². The van der Waals surface area contributed by atoms with E-state index >= 15 is 0 Å². The van der Waals surface area contributed by atoms with Gasteiger partial charge >= 0.3 is 0 Å². The average molecular weight is 225 g/mol. The third kappa shape index (κ3) is 2.71. The van der Waals surface area contributed by atoms with Crippen molar-refractivity contribution >= 4 is 0 Å². The molecule has 1 aromatic rings. The highest BCUT2D eigenvalue weighted by Gasteiger charge is 2.22. The normalized spacial score (nSPS) is 20.3. The van der Waals surface area contributed by atoms with Crippen LogP contribution in [-0.2, 0) is 6.42 Å². The minimum atomic E-state index is -0.360. The molecule has 2 unspecified atom stereocenters. The molecule has 0 aromatic heterocycles. The Morgan fingerprint density at radius 1 is 1.62 bits per heavy atom. The molecule has 0 radical (unpaired) electrons. The molecular weight excluding hydrogens is 209 g/mol. The Morgan fingerprint density at radius 3 is 3.19 bits per heavy atom. The summed E-state index contributed by atoms with van der Waals surface area (Å²) in [7, 11) is 0. The van der Waals surface area contributed by atoms with Crippen LogP contribution in [0.4, 0.5) is 4.39 Å². The van der Waals surface area contributed by atoms with E-state index in [4.69, 9.17) is 9.84 Å². The van der Waals surface area contributed by atoms with Crippen LogP contribution in [0, 0.1) is 5.82 Å². The Morgan fingerprint density at radius 2 is 2.44 bits per heavy atom. The van der Waals surface area contributed by atoms with Crippen LogP contribution < -0.4 is 10.1 Å². The van der Waals surface area contributed by atoms with Gasteiger partial charge in [0.2, 0.25) is 0 Å². The van der Waals surface area contributed by atoms with E-state index in [1.165, 1.54) is 12.1 Å². The third-order valence-corrected chi connectivity index (χ3v) is 2.58. The van der Waals surface area contributed by atoms with Crippen molar-refractivity contribution in [2.24, 2.45) is 0 Å². The zero-order valence-corrected chi connectivity index (χ0v) is 9.24. The summed E-state index contributed by atoms with van der Waals surface area (Å²) in [5.41, 5.74) is 0.920. The summed E-state index contributed by atoms with van der Waals surface area (Å²) in [4.78, 5) is 0. The zero-order chi connectivity index (χ0) is 11.5. The van der Waals surface area contributed by atoms with Gasteiger partial charge in [-0.1, -0.05) is 0 Å². The molecule has 1 aromatic carbocycles. The largest absolute Gasteiger partial charge is 0.488 e. The van der Waals surface area contributed by atoms with Gasteiger partial charge in [0, 0.05) is 25.1 Å². The maximum Gasteiger partial charge on any atom is 0.123 e. The Bertz CT molecular complexity index is 368. The van der Waals surface area contributed by atoms with Gasteiger partial charge in [-0.2, -0.15) is 0 Å². The summed E-state index contributed by atoms with van der Waals surface area (Å²) in [6.45, 7) is 2.94. The maximum absolute atomic E-state index is 12.9. The van der Waals surface area contributed by atoms with Crippen LogP contribution in [0.2, 0.25) is 0 Å². The fraction of sp³-hybridized carbons (Fsp3) is 0.500. The minimum absolute atomic E-state index is 0.0375. The molecule has 0 spiro atoms. The number of hydrogen-bond acceptors (Lipinski definition) is 3. The molecule has 88 valence electrons. The summed E-state index contributed by atoms with van der Waals surface area (Å²) in [6.07, 6.45) is 0.400. The first-order valence-electron chi connectivity index (χ1n) is 5.49. The molecule has 2 rings (SSSR count). The summed E-state index contributed by atoms with van der Waals surface area (Å²) in [6, 6.07) is 4.59. The van der Waals surface area contributed by atoms with Crippen molar-refractivity contribution in [1.29, 1.82) is 0 Å². The molecule has 1 heterocycles. The van der Waals surface area contributed by atoms with Gasteiger partial charge in [-0.15, -0.1) is 0 Å². The van der Waals surface area contributed by atoms with Gasteiger partial charge in [-0.25, -0.2) is 4.39 Å². The molecule has 1 aliphatic rings. The number of rotatable bonds is 4. The summed E-state index contributed by atoms with van der Waals surface area (Å²) in [5.74, 6) is 0.546. The monoisotopic (exact) mass is 225 g/mol.